The van der Waals surface area contributed by atoms with Crippen molar-refractivity contribution in [1.29, 1.82) is 0 Å². The summed E-state index contributed by atoms with van der Waals surface area (Å²) in [6.45, 7) is 8.17. The van der Waals surface area contributed by atoms with Crippen molar-refractivity contribution in [3.05, 3.63) is 0 Å². The van der Waals surface area contributed by atoms with E-state index in [1.165, 1.54) is 12.8 Å². The predicted molar refractivity (Wildman–Crippen MR) is 65.3 cm³/mol. The van der Waals surface area contributed by atoms with Crippen molar-refractivity contribution in [2.75, 3.05) is 33.2 Å². The van der Waals surface area contributed by atoms with Crippen LogP contribution < -0.4 is 10.6 Å². The summed E-state index contributed by atoms with van der Waals surface area (Å²) in [6, 6.07) is 0.673. The lowest BCUT2D eigenvalue weighted by Gasteiger charge is -2.13. The molecule has 0 aromatic carbocycles. The predicted octanol–water partition coefficient (Wildman–Crippen LogP) is 0.656. The SMILES string of the molecule is CCNC(=NCCN(C)CC)NC1CC1. The Labute approximate surface area is 93.1 Å². The van der Waals surface area contributed by atoms with Gasteiger partial charge in [-0.1, -0.05) is 6.92 Å². The van der Waals surface area contributed by atoms with E-state index in [-0.39, 0.29) is 0 Å². The molecular weight excluding hydrogens is 188 g/mol. The standard InChI is InChI=1S/C11H24N4/c1-4-12-11(14-10-6-7-10)13-8-9-15(3)5-2/h10H,4-9H2,1-3H3,(H2,12,13,14). The van der Waals surface area contributed by atoms with Crippen molar-refractivity contribution in [3.63, 3.8) is 0 Å². The van der Waals surface area contributed by atoms with Gasteiger partial charge in [-0.25, -0.2) is 0 Å². The summed E-state index contributed by atoms with van der Waals surface area (Å²) in [5.74, 6) is 0.976. The van der Waals surface area contributed by atoms with Gasteiger partial charge in [-0.3, -0.25) is 4.99 Å². The van der Waals surface area contributed by atoms with Crippen LogP contribution in [-0.4, -0.2) is 50.1 Å². The first kappa shape index (κ1) is 12.3. The Hall–Kier alpha value is -0.770. The molecule has 88 valence electrons. The van der Waals surface area contributed by atoms with Gasteiger partial charge in [0.05, 0.1) is 6.54 Å². The number of rotatable bonds is 6. The maximum atomic E-state index is 4.53. The molecule has 0 aliphatic heterocycles. The lowest BCUT2D eigenvalue weighted by molar-refractivity contribution is 0.363. The van der Waals surface area contributed by atoms with Crippen molar-refractivity contribution >= 4 is 5.96 Å². The number of guanidine groups is 1. The molecule has 0 spiro atoms. The smallest absolute Gasteiger partial charge is 0.191 e. The Balaban J connectivity index is 2.22. The topological polar surface area (TPSA) is 39.7 Å². The summed E-state index contributed by atoms with van der Waals surface area (Å²) in [4.78, 5) is 6.80. The normalized spacial score (nSPS) is 16.9. The highest BCUT2D eigenvalue weighted by atomic mass is 15.2. The van der Waals surface area contributed by atoms with Gasteiger partial charge in [0, 0.05) is 19.1 Å². The van der Waals surface area contributed by atoms with Crippen LogP contribution in [-0.2, 0) is 0 Å². The minimum absolute atomic E-state index is 0.673. The molecule has 4 nitrogen and oxygen atoms in total. The van der Waals surface area contributed by atoms with Crippen molar-refractivity contribution in [2.24, 2.45) is 4.99 Å². The molecule has 2 N–H and O–H groups in total. The van der Waals surface area contributed by atoms with Crippen molar-refractivity contribution in [1.82, 2.24) is 15.5 Å². The van der Waals surface area contributed by atoms with E-state index < -0.39 is 0 Å². The molecule has 4 heteroatoms. The summed E-state index contributed by atoms with van der Waals surface area (Å²) in [6.07, 6.45) is 2.58. The summed E-state index contributed by atoms with van der Waals surface area (Å²) < 4.78 is 0. The fraction of sp³-hybridized carbons (Fsp3) is 0.909. The van der Waals surface area contributed by atoms with Gasteiger partial charge >= 0.3 is 0 Å². The Morgan fingerprint density at radius 2 is 2.13 bits per heavy atom. The van der Waals surface area contributed by atoms with Gasteiger partial charge in [-0.2, -0.15) is 0 Å². The van der Waals surface area contributed by atoms with Crippen molar-refractivity contribution in [2.45, 2.75) is 32.7 Å². The Morgan fingerprint density at radius 3 is 2.67 bits per heavy atom. The van der Waals surface area contributed by atoms with Gasteiger partial charge in [0.2, 0.25) is 0 Å². The summed E-state index contributed by atoms with van der Waals surface area (Å²) in [5.41, 5.74) is 0. The van der Waals surface area contributed by atoms with Crippen LogP contribution in [0.3, 0.4) is 0 Å². The third-order valence-corrected chi connectivity index (χ3v) is 2.55. The van der Waals surface area contributed by atoms with E-state index in [4.69, 9.17) is 0 Å². The average Bonchev–Trinajstić information content (AvgIpc) is 3.01. The second-order valence-electron chi connectivity index (χ2n) is 4.08. The van der Waals surface area contributed by atoms with E-state index >= 15 is 0 Å². The largest absolute Gasteiger partial charge is 0.357 e. The molecule has 1 fully saturated rings. The highest BCUT2D eigenvalue weighted by molar-refractivity contribution is 5.80. The number of likely N-dealkylation sites (N-methyl/N-ethyl adjacent to an activating group) is 1. The first-order valence-electron chi connectivity index (χ1n) is 5.99. The van der Waals surface area contributed by atoms with E-state index in [1.54, 1.807) is 0 Å². The van der Waals surface area contributed by atoms with E-state index in [0.29, 0.717) is 6.04 Å². The molecule has 1 rings (SSSR count). The van der Waals surface area contributed by atoms with Gasteiger partial charge in [0.1, 0.15) is 0 Å². The Kier molecular flexibility index (Phi) is 5.47. The minimum atomic E-state index is 0.673. The van der Waals surface area contributed by atoms with E-state index in [9.17, 15) is 0 Å². The fourth-order valence-electron chi connectivity index (χ4n) is 1.23. The Morgan fingerprint density at radius 1 is 1.40 bits per heavy atom. The molecule has 0 saturated heterocycles. The van der Waals surface area contributed by atoms with Gasteiger partial charge in [0.15, 0.2) is 5.96 Å². The molecule has 0 bridgehead atoms. The van der Waals surface area contributed by atoms with Crippen LogP contribution in [0.15, 0.2) is 4.99 Å². The van der Waals surface area contributed by atoms with Gasteiger partial charge in [-0.05, 0) is 33.4 Å². The summed E-state index contributed by atoms with van der Waals surface area (Å²) in [5, 5.41) is 6.67. The molecule has 1 aliphatic carbocycles. The van der Waals surface area contributed by atoms with Crippen LogP contribution in [0, 0.1) is 0 Å². The highest BCUT2D eigenvalue weighted by Crippen LogP contribution is 2.18. The zero-order valence-electron chi connectivity index (χ0n) is 10.2. The molecule has 0 heterocycles. The molecule has 0 amide bonds. The minimum Gasteiger partial charge on any atom is -0.357 e. The molecular formula is C11H24N4. The zero-order chi connectivity index (χ0) is 11.1. The van der Waals surface area contributed by atoms with Gasteiger partial charge in [-0.15, -0.1) is 0 Å². The van der Waals surface area contributed by atoms with Crippen molar-refractivity contribution < 1.29 is 0 Å². The molecule has 0 aromatic heterocycles. The maximum absolute atomic E-state index is 4.53. The summed E-state index contributed by atoms with van der Waals surface area (Å²) >= 11 is 0. The molecule has 0 atom stereocenters. The van der Waals surface area contributed by atoms with Crippen LogP contribution in [0.25, 0.3) is 0 Å². The zero-order valence-corrected chi connectivity index (χ0v) is 10.2. The molecule has 0 radical (unpaired) electrons. The fourth-order valence-corrected chi connectivity index (χ4v) is 1.23. The lowest BCUT2D eigenvalue weighted by Crippen LogP contribution is -2.39. The van der Waals surface area contributed by atoms with E-state index in [1.807, 2.05) is 0 Å². The van der Waals surface area contributed by atoms with Gasteiger partial charge in [0.25, 0.3) is 0 Å². The van der Waals surface area contributed by atoms with Gasteiger partial charge < -0.3 is 15.5 Å². The number of aliphatic imine (C=N–C) groups is 1. The molecule has 1 aliphatic rings. The van der Waals surface area contributed by atoms with Crippen LogP contribution >= 0.6 is 0 Å². The van der Waals surface area contributed by atoms with E-state index in [2.05, 4.69) is 41.4 Å². The van der Waals surface area contributed by atoms with Crippen LogP contribution in [0.5, 0.6) is 0 Å². The van der Waals surface area contributed by atoms with Crippen LogP contribution in [0.1, 0.15) is 26.7 Å². The third-order valence-electron chi connectivity index (χ3n) is 2.55. The molecule has 0 unspecified atom stereocenters. The van der Waals surface area contributed by atoms with Crippen LogP contribution in [0.2, 0.25) is 0 Å². The second kappa shape index (κ2) is 6.67. The lowest BCUT2D eigenvalue weighted by atomic mass is 10.5. The van der Waals surface area contributed by atoms with E-state index in [0.717, 1.165) is 32.1 Å². The van der Waals surface area contributed by atoms with Crippen molar-refractivity contribution in [3.8, 4) is 0 Å². The average molecular weight is 212 g/mol. The first-order valence-corrected chi connectivity index (χ1v) is 5.99. The quantitative estimate of drug-likeness (QED) is 0.502. The summed E-state index contributed by atoms with van der Waals surface area (Å²) in [7, 11) is 2.12. The number of hydrogen-bond acceptors (Lipinski definition) is 2. The number of nitrogens with zero attached hydrogens (tertiary/aromatic N) is 2. The number of hydrogen-bond donors (Lipinski definition) is 2. The maximum Gasteiger partial charge on any atom is 0.191 e. The monoisotopic (exact) mass is 212 g/mol. The number of nitrogens with one attached hydrogen (secondary N) is 2. The first-order chi connectivity index (χ1) is 7.26. The second-order valence-corrected chi connectivity index (χ2v) is 4.08. The molecule has 1 saturated carbocycles. The Bertz CT molecular complexity index is 199. The third kappa shape index (κ3) is 5.62. The van der Waals surface area contributed by atoms with Crippen LogP contribution in [0.4, 0.5) is 0 Å². The highest BCUT2D eigenvalue weighted by Gasteiger charge is 2.21. The molecule has 15 heavy (non-hydrogen) atoms. The molecule has 0 aromatic rings.